The molecule has 4 nitrogen and oxygen atoms in total. The van der Waals surface area contributed by atoms with Gasteiger partial charge in [0.25, 0.3) is 0 Å². The predicted octanol–water partition coefficient (Wildman–Crippen LogP) is 6.93. The van der Waals surface area contributed by atoms with Gasteiger partial charge < -0.3 is 11.1 Å². The van der Waals surface area contributed by atoms with Gasteiger partial charge in [0.2, 0.25) is 11.8 Å². The molecule has 0 radical (unpaired) electrons. The minimum Gasteiger partial charge on any atom is -0.368 e. The monoisotopic (exact) mass is 548 g/mol. The molecule has 2 amide bonds. The molecule has 0 aliphatic heterocycles. The fraction of sp³-hybridized carbons (Fsp3) is 0.105. The molecule has 0 aromatic heterocycles. The van der Waals surface area contributed by atoms with E-state index < -0.39 is 17.4 Å². The van der Waals surface area contributed by atoms with Crippen LogP contribution in [0.15, 0.2) is 146 Å². The highest BCUT2D eigenvalue weighted by Crippen LogP contribution is 2.42. The van der Waals surface area contributed by atoms with E-state index >= 15 is 0 Å². The summed E-state index contributed by atoms with van der Waals surface area (Å²) < 4.78 is 0. The highest BCUT2D eigenvalue weighted by atomic mass is 16.2. The molecule has 0 fully saturated rings. The number of rotatable bonds is 9. The maximum atomic E-state index is 14.1. The fourth-order valence-corrected chi connectivity index (χ4v) is 6.22. The Hall–Kier alpha value is -5.22. The van der Waals surface area contributed by atoms with Gasteiger partial charge in [-0.25, -0.2) is 0 Å². The molecule has 0 saturated heterocycles. The Labute approximate surface area is 245 Å². The second-order valence-electron chi connectivity index (χ2n) is 10.7. The Balaban J connectivity index is 1.40. The Morgan fingerprint density at radius 2 is 1.00 bits per heavy atom. The van der Waals surface area contributed by atoms with Crippen LogP contribution in [-0.2, 0) is 21.4 Å². The van der Waals surface area contributed by atoms with Gasteiger partial charge in [-0.1, -0.05) is 140 Å². The van der Waals surface area contributed by atoms with Crippen LogP contribution in [0.5, 0.6) is 0 Å². The van der Waals surface area contributed by atoms with Crippen LogP contribution in [0.25, 0.3) is 21.5 Å². The molecule has 0 heterocycles. The summed E-state index contributed by atoms with van der Waals surface area (Å²) in [5.74, 6) is -0.815. The third-order valence-corrected chi connectivity index (χ3v) is 8.20. The molecule has 0 aliphatic rings. The summed E-state index contributed by atoms with van der Waals surface area (Å²) in [7, 11) is 0. The fourth-order valence-electron chi connectivity index (χ4n) is 6.22. The molecule has 6 rings (SSSR count). The van der Waals surface area contributed by atoms with Crippen molar-refractivity contribution in [2.24, 2.45) is 5.73 Å². The third-order valence-electron chi connectivity index (χ3n) is 8.20. The maximum Gasteiger partial charge on any atom is 0.240 e. The number of hydrogen-bond donors (Lipinski definition) is 2. The van der Waals surface area contributed by atoms with E-state index in [1.807, 2.05) is 78.9 Å². The standard InChI is InChI=1S/C38H32N2O2/c39-37(42)35(25-34-32-22-12-10-14-27(32)24-28-15-11-13-23-33(28)34)40-36(41)26-38(29-16-4-1-5-17-29,30-18-6-2-7-19-30)31-20-8-3-9-21-31/h1-24,35H,25-26H2,(H2,39,42)(H,40,41)/t35-/m1/s1. The number of benzene rings is 6. The summed E-state index contributed by atoms with van der Waals surface area (Å²) in [6, 6.07) is 47.7. The van der Waals surface area contributed by atoms with E-state index in [4.69, 9.17) is 5.73 Å². The van der Waals surface area contributed by atoms with Crippen molar-refractivity contribution in [3.05, 3.63) is 168 Å². The molecule has 0 unspecified atom stereocenters. The Morgan fingerprint density at radius 3 is 1.43 bits per heavy atom. The third kappa shape index (κ3) is 5.15. The quantitative estimate of drug-likeness (QED) is 0.152. The van der Waals surface area contributed by atoms with Gasteiger partial charge in [0.1, 0.15) is 6.04 Å². The summed E-state index contributed by atoms with van der Waals surface area (Å²) in [5, 5.41) is 7.30. The highest BCUT2D eigenvalue weighted by molar-refractivity contribution is 6.03. The van der Waals surface area contributed by atoms with Crippen LogP contribution in [0.2, 0.25) is 0 Å². The first kappa shape index (κ1) is 27.0. The van der Waals surface area contributed by atoms with Gasteiger partial charge in [-0.2, -0.15) is 0 Å². The molecule has 0 bridgehead atoms. The lowest BCUT2D eigenvalue weighted by molar-refractivity contribution is -0.127. The van der Waals surface area contributed by atoms with Crippen LogP contribution in [0.3, 0.4) is 0 Å². The SMILES string of the molecule is NC(=O)[C@@H](Cc1c2ccccc2cc2ccccc12)NC(=O)CC(c1ccccc1)(c1ccccc1)c1ccccc1. The second-order valence-corrected chi connectivity index (χ2v) is 10.7. The molecule has 0 saturated carbocycles. The van der Waals surface area contributed by atoms with Gasteiger partial charge in [-0.15, -0.1) is 0 Å². The molecule has 6 aromatic carbocycles. The van der Waals surface area contributed by atoms with Gasteiger partial charge in [0, 0.05) is 12.8 Å². The normalized spacial score (nSPS) is 12.2. The molecule has 1 atom stereocenters. The maximum absolute atomic E-state index is 14.1. The number of amides is 2. The van der Waals surface area contributed by atoms with Crippen LogP contribution in [0.4, 0.5) is 0 Å². The summed E-state index contributed by atoms with van der Waals surface area (Å²) in [5.41, 5.74) is 9.16. The van der Waals surface area contributed by atoms with Gasteiger partial charge >= 0.3 is 0 Å². The number of carbonyl (C=O) groups is 2. The van der Waals surface area contributed by atoms with Crippen molar-refractivity contribution in [1.29, 1.82) is 0 Å². The van der Waals surface area contributed by atoms with E-state index in [-0.39, 0.29) is 18.7 Å². The molecule has 0 aliphatic carbocycles. The highest BCUT2D eigenvalue weighted by Gasteiger charge is 2.39. The van der Waals surface area contributed by atoms with E-state index in [2.05, 4.69) is 72.0 Å². The lowest BCUT2D eigenvalue weighted by atomic mass is 9.67. The smallest absolute Gasteiger partial charge is 0.240 e. The topological polar surface area (TPSA) is 72.2 Å². The van der Waals surface area contributed by atoms with Crippen LogP contribution in [0.1, 0.15) is 28.7 Å². The van der Waals surface area contributed by atoms with E-state index in [0.717, 1.165) is 43.8 Å². The number of primary amides is 1. The van der Waals surface area contributed by atoms with Gasteiger partial charge in [-0.05, 0) is 49.9 Å². The summed E-state index contributed by atoms with van der Waals surface area (Å²) >= 11 is 0. The number of nitrogens with two attached hydrogens (primary N) is 1. The van der Waals surface area contributed by atoms with Crippen LogP contribution in [-0.4, -0.2) is 17.9 Å². The van der Waals surface area contributed by atoms with E-state index in [9.17, 15) is 9.59 Å². The first-order valence-electron chi connectivity index (χ1n) is 14.2. The largest absolute Gasteiger partial charge is 0.368 e. The van der Waals surface area contributed by atoms with Crippen LogP contribution < -0.4 is 11.1 Å². The molecule has 6 aromatic rings. The Kier molecular flexibility index (Phi) is 7.52. The van der Waals surface area contributed by atoms with E-state index in [1.54, 1.807) is 0 Å². The molecule has 42 heavy (non-hydrogen) atoms. The average molecular weight is 549 g/mol. The van der Waals surface area contributed by atoms with Crippen molar-refractivity contribution in [2.45, 2.75) is 24.3 Å². The zero-order chi connectivity index (χ0) is 28.9. The minimum atomic E-state index is -0.883. The zero-order valence-corrected chi connectivity index (χ0v) is 23.2. The summed E-state index contributed by atoms with van der Waals surface area (Å²) in [4.78, 5) is 27.0. The van der Waals surface area contributed by atoms with Crippen LogP contribution >= 0.6 is 0 Å². The molecule has 3 N–H and O–H groups in total. The lowest BCUT2D eigenvalue weighted by Crippen LogP contribution is -2.48. The molecular formula is C38H32N2O2. The first-order chi connectivity index (χ1) is 20.6. The Bertz CT molecular complexity index is 1700. The number of carbonyl (C=O) groups excluding carboxylic acids is 2. The van der Waals surface area contributed by atoms with Crippen molar-refractivity contribution in [3.63, 3.8) is 0 Å². The lowest BCUT2D eigenvalue weighted by Gasteiger charge is -2.36. The zero-order valence-electron chi connectivity index (χ0n) is 23.2. The van der Waals surface area contributed by atoms with Gasteiger partial charge in [0.05, 0.1) is 5.41 Å². The van der Waals surface area contributed by atoms with E-state index in [1.165, 1.54) is 0 Å². The van der Waals surface area contributed by atoms with Crippen molar-refractivity contribution in [2.75, 3.05) is 0 Å². The van der Waals surface area contributed by atoms with Crippen LogP contribution in [0, 0.1) is 0 Å². The molecule has 0 spiro atoms. The molecular weight excluding hydrogens is 516 g/mol. The minimum absolute atomic E-state index is 0.102. The molecule has 4 heteroatoms. The summed E-state index contributed by atoms with van der Waals surface area (Å²) in [6.45, 7) is 0. The second kappa shape index (κ2) is 11.7. The van der Waals surface area contributed by atoms with E-state index in [0.29, 0.717) is 0 Å². The van der Waals surface area contributed by atoms with Crippen molar-refractivity contribution in [3.8, 4) is 0 Å². The van der Waals surface area contributed by atoms with Gasteiger partial charge in [0.15, 0.2) is 0 Å². The van der Waals surface area contributed by atoms with Crippen molar-refractivity contribution >= 4 is 33.4 Å². The van der Waals surface area contributed by atoms with Crippen molar-refractivity contribution in [1.82, 2.24) is 5.32 Å². The first-order valence-corrected chi connectivity index (χ1v) is 14.2. The summed E-state index contributed by atoms with van der Waals surface area (Å²) in [6.07, 6.45) is 0.392. The Morgan fingerprint density at radius 1 is 0.595 bits per heavy atom. The van der Waals surface area contributed by atoms with Crippen molar-refractivity contribution < 1.29 is 9.59 Å². The number of nitrogens with one attached hydrogen (secondary N) is 1. The predicted molar refractivity (Wildman–Crippen MR) is 170 cm³/mol. The molecule has 206 valence electrons. The van der Waals surface area contributed by atoms with Gasteiger partial charge in [-0.3, -0.25) is 9.59 Å². The average Bonchev–Trinajstić information content (AvgIpc) is 3.04. The number of fused-ring (bicyclic) bond motifs is 2. The number of hydrogen-bond acceptors (Lipinski definition) is 2.